The second-order valence-corrected chi connectivity index (χ2v) is 6.29. The van der Waals surface area contributed by atoms with Crippen LogP contribution in [0.2, 0.25) is 0 Å². The standard InChI is InChI=1S/C16H15BrF2N4O3/c1-3-25-14(24)12-8(2)22-16-20-7-21-23(16)13(12)10-6-9(17)4-5-11(10)26-15(18)19/h4-7,13,15H,3H2,1-2H3,(H,20,21,22)/t13-/m0/s1. The number of alkyl halides is 2. The van der Waals surface area contributed by atoms with E-state index >= 15 is 0 Å². The molecule has 1 atom stereocenters. The fourth-order valence-electron chi connectivity index (χ4n) is 2.79. The number of nitrogens with zero attached hydrogens (tertiary/aromatic N) is 3. The molecule has 138 valence electrons. The fourth-order valence-corrected chi connectivity index (χ4v) is 3.17. The van der Waals surface area contributed by atoms with Crippen molar-refractivity contribution in [3.05, 3.63) is 45.8 Å². The van der Waals surface area contributed by atoms with Crippen molar-refractivity contribution >= 4 is 27.8 Å². The minimum Gasteiger partial charge on any atom is -0.463 e. The molecule has 1 aliphatic heterocycles. The predicted molar refractivity (Wildman–Crippen MR) is 91.9 cm³/mol. The maximum Gasteiger partial charge on any atom is 0.387 e. The van der Waals surface area contributed by atoms with Gasteiger partial charge in [-0.25, -0.2) is 9.48 Å². The summed E-state index contributed by atoms with van der Waals surface area (Å²) >= 11 is 3.33. The Morgan fingerprint density at radius 1 is 1.46 bits per heavy atom. The summed E-state index contributed by atoms with van der Waals surface area (Å²) in [6.45, 7) is 0.529. The molecule has 0 amide bonds. The van der Waals surface area contributed by atoms with Gasteiger partial charge < -0.3 is 14.8 Å². The third kappa shape index (κ3) is 3.41. The number of fused-ring (bicyclic) bond motifs is 1. The maximum absolute atomic E-state index is 12.9. The van der Waals surface area contributed by atoms with Crippen molar-refractivity contribution in [1.29, 1.82) is 0 Å². The van der Waals surface area contributed by atoms with Crippen molar-refractivity contribution in [2.75, 3.05) is 11.9 Å². The Labute approximate surface area is 156 Å². The summed E-state index contributed by atoms with van der Waals surface area (Å²) in [5.41, 5.74) is 1.06. The largest absolute Gasteiger partial charge is 0.463 e. The van der Waals surface area contributed by atoms with Crippen LogP contribution in [0.4, 0.5) is 14.7 Å². The van der Waals surface area contributed by atoms with Crippen molar-refractivity contribution in [3.8, 4) is 5.75 Å². The Morgan fingerprint density at radius 3 is 2.92 bits per heavy atom. The first kappa shape index (κ1) is 18.3. The summed E-state index contributed by atoms with van der Waals surface area (Å²) in [6.07, 6.45) is 1.31. The summed E-state index contributed by atoms with van der Waals surface area (Å²) in [4.78, 5) is 16.6. The topological polar surface area (TPSA) is 78.3 Å². The van der Waals surface area contributed by atoms with E-state index in [2.05, 4.69) is 36.1 Å². The number of carbonyl (C=O) groups is 1. The van der Waals surface area contributed by atoms with Crippen LogP contribution in [-0.4, -0.2) is 34.0 Å². The zero-order valence-electron chi connectivity index (χ0n) is 13.9. The summed E-state index contributed by atoms with van der Waals surface area (Å²) < 4.78 is 37.6. The van der Waals surface area contributed by atoms with E-state index in [1.807, 2.05) is 0 Å². The molecule has 0 saturated heterocycles. The van der Waals surface area contributed by atoms with Gasteiger partial charge >= 0.3 is 12.6 Å². The summed E-state index contributed by atoms with van der Waals surface area (Å²) in [7, 11) is 0. The van der Waals surface area contributed by atoms with E-state index in [-0.39, 0.29) is 17.9 Å². The molecular formula is C16H15BrF2N4O3. The van der Waals surface area contributed by atoms with Crippen LogP contribution < -0.4 is 10.1 Å². The second kappa shape index (κ2) is 7.40. The molecule has 26 heavy (non-hydrogen) atoms. The highest BCUT2D eigenvalue weighted by atomic mass is 79.9. The number of benzene rings is 1. The Hall–Kier alpha value is -2.49. The zero-order chi connectivity index (χ0) is 18.8. The lowest BCUT2D eigenvalue weighted by Gasteiger charge is -2.29. The number of aromatic nitrogens is 3. The monoisotopic (exact) mass is 428 g/mol. The van der Waals surface area contributed by atoms with Gasteiger partial charge in [0.1, 0.15) is 18.1 Å². The first-order valence-corrected chi connectivity index (χ1v) is 8.50. The lowest BCUT2D eigenvalue weighted by atomic mass is 9.95. The molecule has 1 aliphatic rings. The number of hydrogen-bond acceptors (Lipinski definition) is 6. The number of esters is 1. The van der Waals surface area contributed by atoms with Gasteiger partial charge in [-0.15, -0.1) is 0 Å². The highest BCUT2D eigenvalue weighted by Crippen LogP contribution is 2.40. The maximum atomic E-state index is 12.9. The summed E-state index contributed by atoms with van der Waals surface area (Å²) in [5, 5.41) is 7.11. The van der Waals surface area contributed by atoms with Gasteiger partial charge in [0.2, 0.25) is 5.95 Å². The van der Waals surface area contributed by atoms with E-state index in [1.54, 1.807) is 26.0 Å². The van der Waals surface area contributed by atoms with Crippen LogP contribution in [0.5, 0.6) is 5.75 Å². The average molecular weight is 429 g/mol. The van der Waals surface area contributed by atoms with E-state index in [9.17, 15) is 13.6 Å². The smallest absolute Gasteiger partial charge is 0.387 e. The molecule has 0 spiro atoms. The quantitative estimate of drug-likeness (QED) is 0.734. The molecule has 1 aromatic heterocycles. The second-order valence-electron chi connectivity index (χ2n) is 5.38. The van der Waals surface area contributed by atoms with Gasteiger partial charge in [-0.05, 0) is 32.0 Å². The van der Waals surface area contributed by atoms with Crippen LogP contribution in [0.15, 0.2) is 40.3 Å². The lowest BCUT2D eigenvalue weighted by Crippen LogP contribution is -2.30. The molecule has 10 heteroatoms. The predicted octanol–water partition coefficient (Wildman–Crippen LogP) is 3.49. The minimum atomic E-state index is -3.01. The third-order valence-electron chi connectivity index (χ3n) is 3.77. The molecule has 2 heterocycles. The number of carbonyl (C=O) groups excluding carboxylic acids is 1. The minimum absolute atomic E-state index is 0.0638. The Balaban J connectivity index is 2.20. The molecule has 0 aliphatic carbocycles. The van der Waals surface area contributed by atoms with Gasteiger partial charge in [0.25, 0.3) is 0 Å². The molecule has 1 aromatic carbocycles. The Bertz CT molecular complexity index is 869. The molecule has 1 N–H and O–H groups in total. The van der Waals surface area contributed by atoms with E-state index < -0.39 is 18.6 Å². The van der Waals surface area contributed by atoms with E-state index in [0.717, 1.165) is 0 Å². The van der Waals surface area contributed by atoms with Crippen LogP contribution in [-0.2, 0) is 9.53 Å². The molecule has 3 rings (SSSR count). The molecule has 0 bridgehead atoms. The number of anilines is 1. The van der Waals surface area contributed by atoms with Crippen molar-refractivity contribution in [2.45, 2.75) is 26.5 Å². The van der Waals surface area contributed by atoms with E-state index in [1.165, 1.54) is 17.1 Å². The number of allylic oxidation sites excluding steroid dienone is 1. The summed E-state index contributed by atoms with van der Waals surface area (Å²) in [6, 6.07) is 3.75. The van der Waals surface area contributed by atoms with Crippen molar-refractivity contribution < 1.29 is 23.0 Å². The molecule has 2 aromatic rings. The van der Waals surface area contributed by atoms with Crippen LogP contribution in [0.25, 0.3) is 0 Å². The Kier molecular flexibility index (Phi) is 5.21. The molecule has 0 radical (unpaired) electrons. The van der Waals surface area contributed by atoms with E-state index in [4.69, 9.17) is 4.74 Å². The molecule has 0 fully saturated rings. The highest BCUT2D eigenvalue weighted by Gasteiger charge is 2.36. The molecule has 0 unspecified atom stereocenters. The molecular weight excluding hydrogens is 414 g/mol. The third-order valence-corrected chi connectivity index (χ3v) is 4.27. The number of rotatable bonds is 5. The van der Waals surface area contributed by atoms with E-state index in [0.29, 0.717) is 21.7 Å². The van der Waals surface area contributed by atoms with Crippen molar-refractivity contribution in [2.24, 2.45) is 0 Å². The first-order valence-electron chi connectivity index (χ1n) is 7.71. The number of hydrogen-bond donors (Lipinski definition) is 1. The van der Waals surface area contributed by atoms with Crippen LogP contribution >= 0.6 is 15.9 Å². The van der Waals surface area contributed by atoms with Gasteiger partial charge in [-0.3, -0.25) is 0 Å². The van der Waals surface area contributed by atoms with Crippen LogP contribution in [0.1, 0.15) is 25.5 Å². The van der Waals surface area contributed by atoms with Gasteiger partial charge in [-0.1, -0.05) is 15.9 Å². The van der Waals surface area contributed by atoms with Crippen LogP contribution in [0.3, 0.4) is 0 Å². The molecule has 0 saturated carbocycles. The van der Waals surface area contributed by atoms with Gasteiger partial charge in [0.15, 0.2) is 0 Å². The number of ether oxygens (including phenoxy) is 2. The van der Waals surface area contributed by atoms with Gasteiger partial charge in [0.05, 0.1) is 12.2 Å². The highest BCUT2D eigenvalue weighted by molar-refractivity contribution is 9.10. The van der Waals surface area contributed by atoms with Gasteiger partial charge in [0, 0.05) is 15.7 Å². The van der Waals surface area contributed by atoms with Gasteiger partial charge in [-0.2, -0.15) is 18.9 Å². The molecule has 7 nitrogen and oxygen atoms in total. The van der Waals surface area contributed by atoms with Crippen LogP contribution in [0, 0.1) is 0 Å². The Morgan fingerprint density at radius 2 is 2.23 bits per heavy atom. The average Bonchev–Trinajstić information content (AvgIpc) is 3.03. The van der Waals surface area contributed by atoms with Crippen molar-refractivity contribution in [1.82, 2.24) is 14.8 Å². The SMILES string of the molecule is CCOC(=O)C1=C(C)Nc2ncnn2[C@H]1c1cc(Br)ccc1OC(F)F. The lowest BCUT2D eigenvalue weighted by molar-refractivity contribution is -0.139. The number of nitrogens with one attached hydrogen (secondary N) is 1. The normalized spacial score (nSPS) is 16.3. The number of halogens is 3. The van der Waals surface area contributed by atoms with Crippen molar-refractivity contribution in [3.63, 3.8) is 0 Å². The fraction of sp³-hybridized carbons (Fsp3) is 0.312. The summed E-state index contributed by atoms with van der Waals surface area (Å²) in [5.74, 6) is -0.263. The zero-order valence-corrected chi connectivity index (χ0v) is 15.5. The first-order chi connectivity index (χ1) is 12.4.